The molecule has 0 bridgehead atoms. The highest BCUT2D eigenvalue weighted by Gasteiger charge is 2.28. The minimum Gasteiger partial charge on any atom is -0.310 e. The third-order valence-electron chi connectivity index (χ3n) is 5.28. The fraction of sp³-hybridized carbons (Fsp3) is 0.474. The van der Waals surface area contributed by atoms with Gasteiger partial charge in [-0.2, -0.15) is 0 Å². The lowest BCUT2D eigenvalue weighted by Gasteiger charge is -2.31. The van der Waals surface area contributed by atoms with Gasteiger partial charge in [0.25, 0.3) is 5.56 Å². The summed E-state index contributed by atoms with van der Waals surface area (Å²) < 4.78 is 28.1. The summed E-state index contributed by atoms with van der Waals surface area (Å²) in [6, 6.07) is 9.89. The van der Waals surface area contributed by atoms with E-state index in [9.17, 15) is 18.0 Å². The molecule has 1 aromatic heterocycles. The number of hydrogen-bond acceptors (Lipinski definition) is 4. The van der Waals surface area contributed by atoms with Crippen LogP contribution in [0.3, 0.4) is 0 Å². The van der Waals surface area contributed by atoms with Gasteiger partial charge in [-0.05, 0) is 31.2 Å². The molecule has 1 aliphatic rings. The largest absolute Gasteiger partial charge is 0.325 e. The summed E-state index contributed by atoms with van der Waals surface area (Å²) in [4.78, 5) is 27.2. The van der Waals surface area contributed by atoms with E-state index in [0.717, 1.165) is 31.2 Å². The lowest BCUT2D eigenvalue weighted by molar-refractivity contribution is 0.303. The van der Waals surface area contributed by atoms with E-state index in [1.165, 1.54) is 13.3 Å². The van der Waals surface area contributed by atoms with Crippen LogP contribution < -0.4 is 16.0 Å². The molecule has 3 rings (SSSR count). The summed E-state index contributed by atoms with van der Waals surface area (Å²) in [5.41, 5.74) is -0.497. The molecule has 1 heterocycles. The first-order valence-electron chi connectivity index (χ1n) is 9.26. The third kappa shape index (κ3) is 4.56. The summed E-state index contributed by atoms with van der Waals surface area (Å²) in [6.07, 6.45) is 5.66. The molecule has 0 unspecified atom stereocenters. The van der Waals surface area contributed by atoms with Crippen molar-refractivity contribution >= 4 is 10.0 Å². The number of aromatic amines is 2. The zero-order valence-electron chi connectivity index (χ0n) is 15.3. The van der Waals surface area contributed by atoms with Crippen LogP contribution in [0.15, 0.2) is 44.8 Å². The average Bonchev–Trinajstić information content (AvgIpc) is 2.62. The number of rotatable bonds is 6. The van der Waals surface area contributed by atoms with E-state index in [2.05, 4.69) is 9.71 Å². The Balaban J connectivity index is 1.86. The van der Waals surface area contributed by atoms with Gasteiger partial charge in [-0.25, -0.2) is 17.9 Å². The fourth-order valence-corrected chi connectivity index (χ4v) is 5.27. The molecule has 1 atom stereocenters. The van der Waals surface area contributed by atoms with Crippen LogP contribution in [0.2, 0.25) is 0 Å². The second-order valence-corrected chi connectivity index (χ2v) is 8.83. The van der Waals surface area contributed by atoms with Crippen LogP contribution in [0, 0.1) is 12.8 Å². The van der Waals surface area contributed by atoms with E-state index in [4.69, 9.17) is 0 Å². The number of aryl methyl sites for hydroxylation is 1. The fourth-order valence-electron chi connectivity index (χ4n) is 3.98. The van der Waals surface area contributed by atoms with Crippen LogP contribution in [0.1, 0.15) is 49.3 Å². The maximum Gasteiger partial charge on any atom is 0.325 e. The lowest BCUT2D eigenvalue weighted by atomic mass is 9.77. The topological polar surface area (TPSA) is 112 Å². The van der Waals surface area contributed by atoms with E-state index in [-0.39, 0.29) is 18.2 Å². The van der Waals surface area contributed by atoms with E-state index < -0.39 is 26.2 Å². The molecule has 1 aromatic carbocycles. The molecule has 2 aromatic rings. The van der Waals surface area contributed by atoms with Crippen LogP contribution in [-0.4, -0.2) is 24.9 Å². The van der Waals surface area contributed by atoms with Gasteiger partial charge in [0.05, 0.1) is 0 Å². The zero-order chi connectivity index (χ0) is 19.4. The van der Waals surface area contributed by atoms with Gasteiger partial charge in [0, 0.05) is 18.2 Å². The highest BCUT2D eigenvalue weighted by Crippen LogP contribution is 2.35. The first kappa shape index (κ1) is 19.6. The smallest absolute Gasteiger partial charge is 0.310 e. The quantitative estimate of drug-likeness (QED) is 0.699. The first-order valence-corrected chi connectivity index (χ1v) is 10.7. The number of sulfonamides is 1. The predicted molar refractivity (Wildman–Crippen MR) is 103 cm³/mol. The standard InChI is InChI=1S/C19H25N3O4S/c1-13-17(18(23)22-19(24)21-13)27(25,26)20-12-16(14-8-4-2-5-9-14)15-10-6-3-7-11-15/h2,4-5,8-9,15-16,20H,3,6-7,10-12H2,1H3,(H2,21,22,23,24)/t16-/m0/s1. The molecule has 1 aliphatic carbocycles. The Morgan fingerprint density at radius 3 is 2.37 bits per heavy atom. The summed E-state index contributed by atoms with van der Waals surface area (Å²) in [5, 5.41) is 0. The van der Waals surface area contributed by atoms with Gasteiger partial charge in [-0.15, -0.1) is 0 Å². The number of aromatic nitrogens is 2. The van der Waals surface area contributed by atoms with Gasteiger partial charge in [0.2, 0.25) is 10.0 Å². The van der Waals surface area contributed by atoms with E-state index in [1.54, 1.807) is 0 Å². The van der Waals surface area contributed by atoms with Crippen molar-refractivity contribution in [2.24, 2.45) is 5.92 Å². The van der Waals surface area contributed by atoms with Gasteiger partial charge in [0.1, 0.15) is 0 Å². The molecule has 1 saturated carbocycles. The number of H-pyrrole nitrogens is 2. The molecule has 8 heteroatoms. The highest BCUT2D eigenvalue weighted by molar-refractivity contribution is 7.89. The summed E-state index contributed by atoms with van der Waals surface area (Å²) in [7, 11) is -4.04. The van der Waals surface area contributed by atoms with Crippen molar-refractivity contribution in [1.29, 1.82) is 0 Å². The molecule has 0 spiro atoms. The molecule has 146 valence electrons. The Morgan fingerprint density at radius 1 is 1.07 bits per heavy atom. The number of nitrogens with one attached hydrogen (secondary N) is 3. The van der Waals surface area contributed by atoms with Crippen molar-refractivity contribution in [2.45, 2.75) is 49.8 Å². The van der Waals surface area contributed by atoms with Gasteiger partial charge in [-0.3, -0.25) is 9.78 Å². The van der Waals surface area contributed by atoms with Crippen LogP contribution in [0.25, 0.3) is 0 Å². The van der Waals surface area contributed by atoms with Crippen LogP contribution in [0.4, 0.5) is 0 Å². The Hall–Kier alpha value is -2.19. The minimum atomic E-state index is -4.04. The van der Waals surface area contributed by atoms with Crippen LogP contribution in [-0.2, 0) is 10.0 Å². The number of hydrogen-bond donors (Lipinski definition) is 3. The zero-order valence-corrected chi connectivity index (χ0v) is 16.1. The van der Waals surface area contributed by atoms with Gasteiger partial charge in [-0.1, -0.05) is 49.6 Å². The second kappa shape index (κ2) is 8.22. The van der Waals surface area contributed by atoms with Crippen molar-refractivity contribution in [1.82, 2.24) is 14.7 Å². The lowest BCUT2D eigenvalue weighted by Crippen LogP contribution is -2.37. The Morgan fingerprint density at radius 2 is 1.74 bits per heavy atom. The Labute approximate surface area is 158 Å². The maximum atomic E-state index is 12.8. The van der Waals surface area contributed by atoms with Crippen molar-refractivity contribution in [3.05, 3.63) is 62.4 Å². The number of benzene rings is 1. The molecule has 27 heavy (non-hydrogen) atoms. The Kier molecular flexibility index (Phi) is 5.96. The third-order valence-corrected chi connectivity index (χ3v) is 6.86. The van der Waals surface area contributed by atoms with Crippen molar-refractivity contribution < 1.29 is 8.42 Å². The average molecular weight is 391 g/mol. The predicted octanol–water partition coefficient (Wildman–Crippen LogP) is 2.01. The molecular weight excluding hydrogens is 366 g/mol. The van der Waals surface area contributed by atoms with Gasteiger partial charge < -0.3 is 4.98 Å². The van der Waals surface area contributed by atoms with E-state index in [1.807, 2.05) is 35.3 Å². The second-order valence-electron chi connectivity index (χ2n) is 7.13. The SMILES string of the molecule is Cc1[nH]c(=O)[nH]c(=O)c1S(=O)(=O)NC[C@@H](c1ccccc1)C1CCCCC1. The first-order chi connectivity index (χ1) is 12.9. The molecule has 3 N–H and O–H groups in total. The van der Waals surface area contributed by atoms with Gasteiger partial charge >= 0.3 is 5.69 Å². The van der Waals surface area contributed by atoms with Crippen molar-refractivity contribution in [2.75, 3.05) is 6.54 Å². The normalized spacial score (nSPS) is 16.9. The van der Waals surface area contributed by atoms with Crippen LogP contribution >= 0.6 is 0 Å². The summed E-state index contributed by atoms with van der Waals surface area (Å²) in [5.74, 6) is 0.447. The highest BCUT2D eigenvalue weighted by atomic mass is 32.2. The van der Waals surface area contributed by atoms with E-state index >= 15 is 0 Å². The van der Waals surface area contributed by atoms with Gasteiger partial charge in [0.15, 0.2) is 4.90 Å². The molecule has 0 saturated heterocycles. The van der Waals surface area contributed by atoms with Crippen molar-refractivity contribution in [3.63, 3.8) is 0 Å². The van der Waals surface area contributed by atoms with Crippen LogP contribution in [0.5, 0.6) is 0 Å². The molecule has 0 amide bonds. The monoisotopic (exact) mass is 391 g/mol. The van der Waals surface area contributed by atoms with E-state index in [0.29, 0.717) is 5.92 Å². The minimum absolute atomic E-state index is 0.0326. The molecular formula is C19H25N3O4S. The summed E-state index contributed by atoms with van der Waals surface area (Å²) >= 11 is 0. The Bertz CT molecular complexity index is 990. The summed E-state index contributed by atoms with van der Waals surface area (Å²) in [6.45, 7) is 1.62. The van der Waals surface area contributed by atoms with Crippen molar-refractivity contribution in [3.8, 4) is 0 Å². The molecule has 0 aliphatic heterocycles. The molecule has 0 radical (unpaired) electrons. The molecule has 7 nitrogen and oxygen atoms in total. The maximum absolute atomic E-state index is 12.8. The molecule has 1 fully saturated rings.